The molecule has 154 valence electrons. The first kappa shape index (κ1) is 24.2. The molecule has 0 aliphatic rings. The Balaban J connectivity index is 0.00000392. The van der Waals surface area contributed by atoms with Gasteiger partial charge >= 0.3 is 5.97 Å². The van der Waals surface area contributed by atoms with Crippen LogP contribution in [-0.2, 0) is 17.8 Å². The molecule has 1 heterocycles. The van der Waals surface area contributed by atoms with Gasteiger partial charge in [-0.1, -0.05) is 6.07 Å². The number of aromatic nitrogens is 1. The average molecular weight is 518 g/mol. The molecule has 2 rings (SSSR count). The van der Waals surface area contributed by atoms with Crippen LogP contribution in [0.25, 0.3) is 0 Å². The van der Waals surface area contributed by atoms with E-state index in [-0.39, 0.29) is 24.0 Å². The second-order valence-electron chi connectivity index (χ2n) is 5.82. The third-order valence-electron chi connectivity index (χ3n) is 3.91. The van der Waals surface area contributed by atoms with E-state index in [0.29, 0.717) is 30.4 Å². The van der Waals surface area contributed by atoms with E-state index in [1.807, 2.05) is 19.9 Å². The van der Waals surface area contributed by atoms with Gasteiger partial charge in [-0.15, -0.1) is 35.3 Å². The van der Waals surface area contributed by atoms with E-state index in [4.69, 9.17) is 9.47 Å². The summed E-state index contributed by atoms with van der Waals surface area (Å²) in [7, 11) is 2.87. The molecule has 1 aromatic carbocycles. The van der Waals surface area contributed by atoms with Crippen LogP contribution in [0, 0.1) is 13.8 Å². The van der Waals surface area contributed by atoms with Crippen LogP contribution in [0.1, 0.15) is 38.4 Å². The highest BCUT2D eigenvalue weighted by Crippen LogP contribution is 2.21. The van der Waals surface area contributed by atoms with Crippen molar-refractivity contribution in [3.8, 4) is 5.75 Å². The summed E-state index contributed by atoms with van der Waals surface area (Å²) in [5.74, 6) is 0.741. The molecule has 0 spiro atoms. The standard InChI is InChI=1S/C19H26N4O3S.HI/c1-6-20-19(22-11-17-23-12(2)13(3)27-17)21-10-14-7-8-16(25-4)15(9-14)18(24)26-5;/h7-9H,6,10-11H2,1-5H3,(H2,20,21,22);1H. The van der Waals surface area contributed by atoms with Crippen molar-refractivity contribution in [3.63, 3.8) is 0 Å². The molecular formula is C19H27IN4O3S. The Morgan fingerprint density at radius 3 is 2.57 bits per heavy atom. The molecule has 28 heavy (non-hydrogen) atoms. The molecule has 0 atom stereocenters. The van der Waals surface area contributed by atoms with Crippen molar-refractivity contribution in [1.82, 2.24) is 15.6 Å². The largest absolute Gasteiger partial charge is 0.496 e. The number of nitrogens with zero attached hydrogens (tertiary/aromatic N) is 2. The van der Waals surface area contributed by atoms with E-state index in [1.54, 1.807) is 23.5 Å². The molecule has 0 fully saturated rings. The number of rotatable bonds is 7. The van der Waals surface area contributed by atoms with Gasteiger partial charge in [0, 0.05) is 11.4 Å². The smallest absolute Gasteiger partial charge is 0.341 e. The first-order chi connectivity index (χ1) is 13.0. The van der Waals surface area contributed by atoms with Gasteiger partial charge < -0.3 is 20.1 Å². The third-order valence-corrected chi connectivity index (χ3v) is 4.99. The lowest BCUT2D eigenvalue weighted by Crippen LogP contribution is -2.36. The zero-order valence-electron chi connectivity index (χ0n) is 16.8. The molecule has 7 nitrogen and oxygen atoms in total. The van der Waals surface area contributed by atoms with Gasteiger partial charge in [-0.2, -0.15) is 0 Å². The van der Waals surface area contributed by atoms with Crippen LogP contribution >= 0.6 is 35.3 Å². The molecule has 2 aromatic rings. The lowest BCUT2D eigenvalue weighted by Gasteiger charge is -2.11. The highest BCUT2D eigenvalue weighted by molar-refractivity contribution is 14.0. The number of carbonyl (C=O) groups is 1. The van der Waals surface area contributed by atoms with Gasteiger partial charge in [-0.25, -0.2) is 14.8 Å². The zero-order chi connectivity index (χ0) is 19.8. The molecule has 0 unspecified atom stereocenters. The lowest BCUT2D eigenvalue weighted by molar-refractivity contribution is 0.0597. The highest BCUT2D eigenvalue weighted by Gasteiger charge is 2.13. The number of guanidine groups is 1. The van der Waals surface area contributed by atoms with E-state index in [0.717, 1.165) is 22.8 Å². The fraction of sp³-hybridized carbons (Fsp3) is 0.421. The number of ether oxygens (including phenoxy) is 2. The Hall–Kier alpha value is -1.88. The number of halogens is 1. The van der Waals surface area contributed by atoms with Crippen molar-refractivity contribution in [2.24, 2.45) is 4.99 Å². The number of nitrogens with one attached hydrogen (secondary N) is 2. The van der Waals surface area contributed by atoms with Crippen LogP contribution in [0.4, 0.5) is 0 Å². The van der Waals surface area contributed by atoms with Crippen LogP contribution in [0.15, 0.2) is 23.2 Å². The number of carbonyl (C=O) groups excluding carboxylic acids is 1. The number of hydrogen-bond acceptors (Lipinski definition) is 6. The van der Waals surface area contributed by atoms with E-state index in [1.165, 1.54) is 19.1 Å². The predicted molar refractivity (Wildman–Crippen MR) is 123 cm³/mol. The number of aryl methyl sites for hydroxylation is 2. The number of benzene rings is 1. The molecule has 9 heteroatoms. The second-order valence-corrected chi connectivity index (χ2v) is 7.11. The van der Waals surface area contributed by atoms with E-state index < -0.39 is 5.97 Å². The molecule has 0 aliphatic heterocycles. The van der Waals surface area contributed by atoms with E-state index in [2.05, 4.69) is 27.5 Å². The van der Waals surface area contributed by atoms with E-state index >= 15 is 0 Å². The molecule has 0 bridgehead atoms. The summed E-state index contributed by atoms with van der Waals surface area (Å²) in [6, 6.07) is 5.37. The zero-order valence-corrected chi connectivity index (χ0v) is 19.9. The molecule has 0 aliphatic carbocycles. The fourth-order valence-corrected chi connectivity index (χ4v) is 3.28. The Bertz CT molecular complexity index is 804. The minimum absolute atomic E-state index is 0. The summed E-state index contributed by atoms with van der Waals surface area (Å²) in [5.41, 5.74) is 2.33. The summed E-state index contributed by atoms with van der Waals surface area (Å²) in [6.45, 7) is 7.87. The molecule has 0 radical (unpaired) electrons. The molecule has 0 saturated heterocycles. The normalized spacial score (nSPS) is 10.8. The Morgan fingerprint density at radius 1 is 1.25 bits per heavy atom. The molecule has 0 amide bonds. The average Bonchev–Trinajstić information content (AvgIpc) is 3.00. The summed E-state index contributed by atoms with van der Waals surface area (Å²) in [5, 5.41) is 7.53. The van der Waals surface area contributed by atoms with Crippen molar-refractivity contribution in [2.45, 2.75) is 33.9 Å². The maximum absolute atomic E-state index is 11.9. The quantitative estimate of drug-likeness (QED) is 0.253. The fourth-order valence-electron chi connectivity index (χ4n) is 2.41. The maximum Gasteiger partial charge on any atom is 0.341 e. The Labute approximate surface area is 187 Å². The van der Waals surface area contributed by atoms with Crippen LogP contribution < -0.4 is 15.4 Å². The van der Waals surface area contributed by atoms with Crippen molar-refractivity contribution < 1.29 is 14.3 Å². The van der Waals surface area contributed by atoms with Crippen molar-refractivity contribution in [3.05, 3.63) is 44.9 Å². The number of thiazole rings is 1. The number of esters is 1. The topological polar surface area (TPSA) is 84.8 Å². The highest BCUT2D eigenvalue weighted by atomic mass is 127. The van der Waals surface area contributed by atoms with Crippen molar-refractivity contribution in [1.29, 1.82) is 0 Å². The number of hydrogen-bond donors (Lipinski definition) is 2. The first-order valence-corrected chi connectivity index (χ1v) is 9.50. The second kappa shape index (κ2) is 11.8. The van der Waals surface area contributed by atoms with E-state index in [9.17, 15) is 4.79 Å². The first-order valence-electron chi connectivity index (χ1n) is 8.68. The molecule has 2 N–H and O–H groups in total. The van der Waals surface area contributed by atoms with Crippen LogP contribution in [0.3, 0.4) is 0 Å². The van der Waals surface area contributed by atoms with Crippen LogP contribution in [-0.4, -0.2) is 37.7 Å². The molecule has 0 saturated carbocycles. The summed E-state index contributed by atoms with van der Waals surface area (Å²) in [6.07, 6.45) is 0. The monoisotopic (exact) mass is 518 g/mol. The third kappa shape index (κ3) is 6.62. The Kier molecular flexibility index (Phi) is 10.2. The van der Waals surface area contributed by atoms with Gasteiger partial charge in [0.1, 0.15) is 16.3 Å². The maximum atomic E-state index is 11.9. The van der Waals surface area contributed by atoms with Gasteiger partial charge in [0.05, 0.1) is 33.0 Å². The minimum Gasteiger partial charge on any atom is -0.496 e. The van der Waals surface area contributed by atoms with Crippen LogP contribution in [0.5, 0.6) is 5.75 Å². The summed E-state index contributed by atoms with van der Waals surface area (Å²) < 4.78 is 10.0. The van der Waals surface area contributed by atoms with Gasteiger partial charge in [0.15, 0.2) is 5.96 Å². The van der Waals surface area contributed by atoms with Crippen molar-refractivity contribution in [2.75, 3.05) is 20.8 Å². The summed E-state index contributed by atoms with van der Waals surface area (Å²) in [4.78, 5) is 22.2. The number of aliphatic imine (C=N–C) groups is 1. The van der Waals surface area contributed by atoms with Crippen LogP contribution in [0.2, 0.25) is 0 Å². The SMILES string of the molecule is CCNC(=NCc1ccc(OC)c(C(=O)OC)c1)NCc1nc(C)c(C)s1.I. The molecular weight excluding hydrogens is 491 g/mol. The summed E-state index contributed by atoms with van der Waals surface area (Å²) >= 11 is 1.68. The Morgan fingerprint density at radius 2 is 2.00 bits per heavy atom. The van der Waals surface area contributed by atoms with Gasteiger partial charge in [-0.3, -0.25) is 0 Å². The molecule has 1 aromatic heterocycles. The lowest BCUT2D eigenvalue weighted by atomic mass is 10.1. The van der Waals surface area contributed by atoms with Gasteiger partial charge in [-0.05, 0) is 38.5 Å². The number of methoxy groups -OCH3 is 2. The predicted octanol–water partition coefficient (Wildman–Crippen LogP) is 3.43. The van der Waals surface area contributed by atoms with Gasteiger partial charge in [0.2, 0.25) is 0 Å². The van der Waals surface area contributed by atoms with Gasteiger partial charge in [0.25, 0.3) is 0 Å². The minimum atomic E-state index is -0.433. The van der Waals surface area contributed by atoms with Crippen molar-refractivity contribution >= 4 is 47.2 Å².